The Kier molecular flexibility index (Phi) is 6.42. The Labute approximate surface area is 138 Å². The summed E-state index contributed by atoms with van der Waals surface area (Å²) in [6.45, 7) is 8.46. The Morgan fingerprint density at radius 1 is 1.30 bits per heavy atom. The van der Waals surface area contributed by atoms with Gasteiger partial charge >= 0.3 is 6.09 Å². The highest BCUT2D eigenvalue weighted by Gasteiger charge is 2.27. The summed E-state index contributed by atoms with van der Waals surface area (Å²) < 4.78 is 5.44. The number of piperidine rings is 1. The highest BCUT2D eigenvalue weighted by atomic mass is 16.6. The zero-order valence-electron chi connectivity index (χ0n) is 14.4. The van der Waals surface area contributed by atoms with Gasteiger partial charge in [0.2, 0.25) is 0 Å². The maximum Gasteiger partial charge on any atom is 0.410 e. The summed E-state index contributed by atoms with van der Waals surface area (Å²) >= 11 is 0. The fourth-order valence-electron chi connectivity index (χ4n) is 2.61. The van der Waals surface area contributed by atoms with Crippen LogP contribution in [0.2, 0.25) is 0 Å². The largest absolute Gasteiger partial charge is 0.444 e. The topological polar surface area (TPSA) is 50.8 Å². The second kappa shape index (κ2) is 8.31. The Balaban J connectivity index is 1.68. The molecule has 1 aliphatic rings. The molecule has 0 aromatic heterocycles. The van der Waals surface area contributed by atoms with Crippen LogP contribution in [0, 0.1) is 5.92 Å². The van der Waals surface area contributed by atoms with Crippen LogP contribution in [0.5, 0.6) is 0 Å². The van der Waals surface area contributed by atoms with Gasteiger partial charge in [-0.25, -0.2) is 10.3 Å². The standard InChI is InChI=1S/C18H28N2O3/c1-18(2,3)23-17(21)20-11-7-10-16(13-20)12-19-22-14-15-8-5-4-6-9-15/h4-6,8-9,16,19H,7,10-14H2,1-3H3. The first-order valence-electron chi connectivity index (χ1n) is 8.30. The van der Waals surface area contributed by atoms with Crippen LogP contribution in [0.15, 0.2) is 30.3 Å². The molecule has 0 saturated carbocycles. The number of amides is 1. The maximum atomic E-state index is 12.1. The van der Waals surface area contributed by atoms with Gasteiger partial charge in [0.1, 0.15) is 5.60 Å². The first kappa shape index (κ1) is 17.8. The normalized spacial score (nSPS) is 18.7. The molecule has 1 aromatic carbocycles. The summed E-state index contributed by atoms with van der Waals surface area (Å²) in [7, 11) is 0. The van der Waals surface area contributed by atoms with Crippen LogP contribution in [-0.2, 0) is 16.2 Å². The average Bonchev–Trinajstić information content (AvgIpc) is 2.51. The Morgan fingerprint density at radius 3 is 2.74 bits per heavy atom. The van der Waals surface area contributed by atoms with Crippen LogP contribution in [0.25, 0.3) is 0 Å². The number of carbonyl (C=O) groups excluding carboxylic acids is 1. The third-order valence-corrected chi connectivity index (χ3v) is 3.73. The smallest absolute Gasteiger partial charge is 0.410 e. The van der Waals surface area contributed by atoms with Crippen LogP contribution >= 0.6 is 0 Å². The van der Waals surface area contributed by atoms with Crippen molar-refractivity contribution in [2.24, 2.45) is 5.92 Å². The summed E-state index contributed by atoms with van der Waals surface area (Å²) in [5, 5.41) is 0. The zero-order valence-corrected chi connectivity index (χ0v) is 14.4. The van der Waals surface area contributed by atoms with Gasteiger partial charge in [-0.05, 0) is 45.1 Å². The monoisotopic (exact) mass is 320 g/mol. The van der Waals surface area contributed by atoms with Gasteiger partial charge in [0.05, 0.1) is 6.61 Å². The van der Waals surface area contributed by atoms with Crippen molar-refractivity contribution in [1.29, 1.82) is 0 Å². The van der Waals surface area contributed by atoms with Crippen molar-refractivity contribution in [1.82, 2.24) is 10.4 Å². The number of benzene rings is 1. The number of nitrogens with one attached hydrogen (secondary N) is 1. The van der Waals surface area contributed by atoms with Crippen molar-refractivity contribution in [3.05, 3.63) is 35.9 Å². The quantitative estimate of drug-likeness (QED) is 0.668. The lowest BCUT2D eigenvalue weighted by Crippen LogP contribution is -2.45. The first-order valence-corrected chi connectivity index (χ1v) is 8.30. The van der Waals surface area contributed by atoms with E-state index in [-0.39, 0.29) is 6.09 Å². The minimum atomic E-state index is -0.443. The first-order chi connectivity index (χ1) is 10.9. The summed E-state index contributed by atoms with van der Waals surface area (Å²) in [4.78, 5) is 19.4. The number of hydrogen-bond acceptors (Lipinski definition) is 4. The van der Waals surface area contributed by atoms with Gasteiger partial charge < -0.3 is 9.64 Å². The fraction of sp³-hybridized carbons (Fsp3) is 0.611. The minimum absolute atomic E-state index is 0.215. The molecule has 1 fully saturated rings. The number of carbonyl (C=O) groups is 1. The Bertz CT molecular complexity index is 485. The molecule has 0 bridgehead atoms. The molecule has 5 nitrogen and oxygen atoms in total. The number of likely N-dealkylation sites (tertiary alicyclic amines) is 1. The molecule has 1 N–H and O–H groups in total. The molecule has 23 heavy (non-hydrogen) atoms. The highest BCUT2D eigenvalue weighted by Crippen LogP contribution is 2.18. The van der Waals surface area contributed by atoms with Gasteiger partial charge in [-0.3, -0.25) is 4.84 Å². The van der Waals surface area contributed by atoms with Gasteiger partial charge in [0.15, 0.2) is 0 Å². The third-order valence-electron chi connectivity index (χ3n) is 3.73. The molecule has 128 valence electrons. The van der Waals surface area contributed by atoms with Crippen LogP contribution < -0.4 is 5.48 Å². The second-order valence-electron chi connectivity index (χ2n) is 7.06. The van der Waals surface area contributed by atoms with Gasteiger partial charge in [0, 0.05) is 19.6 Å². The summed E-state index contributed by atoms with van der Waals surface area (Å²) in [5.41, 5.74) is 3.73. The Hall–Kier alpha value is -1.59. The molecule has 1 amide bonds. The fourth-order valence-corrected chi connectivity index (χ4v) is 2.61. The number of nitrogens with zero attached hydrogens (tertiary/aromatic N) is 1. The number of hydroxylamine groups is 1. The maximum absolute atomic E-state index is 12.1. The van der Waals surface area contributed by atoms with Gasteiger partial charge in [-0.2, -0.15) is 0 Å². The third kappa shape index (κ3) is 6.59. The van der Waals surface area contributed by atoms with E-state index in [1.165, 1.54) is 0 Å². The van der Waals surface area contributed by atoms with Crippen molar-refractivity contribution in [3.63, 3.8) is 0 Å². The van der Waals surface area contributed by atoms with Gasteiger partial charge in [0.25, 0.3) is 0 Å². The van der Waals surface area contributed by atoms with Crippen molar-refractivity contribution in [3.8, 4) is 0 Å². The number of ether oxygens (including phenoxy) is 1. The number of hydrogen-bond donors (Lipinski definition) is 1. The lowest BCUT2D eigenvalue weighted by Gasteiger charge is -2.34. The molecule has 1 heterocycles. The van der Waals surface area contributed by atoms with Crippen molar-refractivity contribution >= 4 is 6.09 Å². The number of rotatable bonds is 5. The second-order valence-corrected chi connectivity index (χ2v) is 7.06. The van der Waals surface area contributed by atoms with E-state index < -0.39 is 5.60 Å². The molecule has 1 unspecified atom stereocenters. The predicted molar refractivity (Wildman–Crippen MR) is 89.8 cm³/mol. The van der Waals surface area contributed by atoms with Crippen LogP contribution in [0.3, 0.4) is 0 Å². The van der Waals surface area contributed by atoms with Crippen molar-refractivity contribution in [2.75, 3.05) is 19.6 Å². The SMILES string of the molecule is CC(C)(C)OC(=O)N1CCCC(CNOCc2ccccc2)C1. The average molecular weight is 320 g/mol. The molecular formula is C18H28N2O3. The lowest BCUT2D eigenvalue weighted by atomic mass is 9.99. The van der Waals surface area contributed by atoms with E-state index in [1.54, 1.807) is 4.90 Å². The molecule has 1 saturated heterocycles. The minimum Gasteiger partial charge on any atom is -0.444 e. The summed E-state index contributed by atoms with van der Waals surface area (Å²) in [5.74, 6) is 0.395. The van der Waals surface area contributed by atoms with E-state index in [0.717, 1.165) is 38.0 Å². The van der Waals surface area contributed by atoms with E-state index in [1.807, 2.05) is 51.1 Å². The molecular weight excluding hydrogens is 292 g/mol. The van der Waals surface area contributed by atoms with E-state index >= 15 is 0 Å². The van der Waals surface area contributed by atoms with Crippen LogP contribution in [0.4, 0.5) is 4.79 Å². The van der Waals surface area contributed by atoms with E-state index in [9.17, 15) is 4.79 Å². The summed E-state index contributed by atoms with van der Waals surface area (Å²) in [6, 6.07) is 10.1. The molecule has 0 aliphatic carbocycles. The summed E-state index contributed by atoms with van der Waals surface area (Å²) in [6.07, 6.45) is 1.89. The molecule has 2 rings (SSSR count). The molecule has 1 aliphatic heterocycles. The van der Waals surface area contributed by atoms with E-state index in [4.69, 9.17) is 9.57 Å². The molecule has 0 spiro atoms. The molecule has 1 atom stereocenters. The predicted octanol–water partition coefficient (Wildman–Crippen LogP) is 3.35. The zero-order chi connectivity index (χ0) is 16.7. The van der Waals surface area contributed by atoms with Crippen molar-refractivity contribution in [2.45, 2.75) is 45.8 Å². The lowest BCUT2D eigenvalue weighted by molar-refractivity contribution is -0.000313. The molecule has 1 aromatic rings. The van der Waals surface area contributed by atoms with Crippen LogP contribution in [-0.4, -0.2) is 36.2 Å². The van der Waals surface area contributed by atoms with E-state index in [2.05, 4.69) is 5.48 Å². The van der Waals surface area contributed by atoms with Gasteiger partial charge in [-0.15, -0.1) is 0 Å². The highest BCUT2D eigenvalue weighted by molar-refractivity contribution is 5.68. The molecule has 0 radical (unpaired) electrons. The molecule has 5 heteroatoms. The van der Waals surface area contributed by atoms with Gasteiger partial charge in [-0.1, -0.05) is 30.3 Å². The Morgan fingerprint density at radius 2 is 2.04 bits per heavy atom. The van der Waals surface area contributed by atoms with Crippen LogP contribution in [0.1, 0.15) is 39.2 Å². The van der Waals surface area contributed by atoms with Crippen molar-refractivity contribution < 1.29 is 14.4 Å². The van der Waals surface area contributed by atoms with E-state index in [0.29, 0.717) is 12.5 Å².